The van der Waals surface area contributed by atoms with Crippen LogP contribution < -0.4 is 19.5 Å². The van der Waals surface area contributed by atoms with Gasteiger partial charge in [-0.3, -0.25) is 4.79 Å². The summed E-state index contributed by atoms with van der Waals surface area (Å²) >= 11 is 1.57. The third-order valence-electron chi connectivity index (χ3n) is 5.66. The highest BCUT2D eigenvalue weighted by molar-refractivity contribution is 7.09. The number of benzene rings is 2. The van der Waals surface area contributed by atoms with E-state index in [0.717, 1.165) is 36.4 Å². The van der Waals surface area contributed by atoms with Crippen LogP contribution in [0.4, 0.5) is 5.69 Å². The number of ether oxygens (including phenoxy) is 4. The number of nitrogens with zero attached hydrogens (tertiary/aromatic N) is 1. The number of amides is 1. The molecule has 0 saturated heterocycles. The number of hydrogen-bond acceptors (Lipinski definition) is 8. The maximum atomic E-state index is 12.3. The predicted octanol–water partition coefficient (Wildman–Crippen LogP) is 4.87. The molecular weight excluding hydrogens is 456 g/mol. The summed E-state index contributed by atoms with van der Waals surface area (Å²) in [7, 11) is 0. The number of rotatable bonds is 7. The zero-order valence-corrected chi connectivity index (χ0v) is 19.5. The van der Waals surface area contributed by atoms with Crippen LogP contribution in [0.15, 0.2) is 47.8 Å². The molecule has 1 aliphatic heterocycles. The van der Waals surface area contributed by atoms with Crippen LogP contribution in [-0.2, 0) is 16.1 Å². The van der Waals surface area contributed by atoms with Crippen LogP contribution in [0, 0.1) is 6.92 Å². The number of hydrogen-bond donors (Lipinski definition) is 1. The molecule has 1 N–H and O–H groups in total. The van der Waals surface area contributed by atoms with Gasteiger partial charge in [0.2, 0.25) is 0 Å². The molecule has 176 valence electrons. The number of thiazole rings is 1. The summed E-state index contributed by atoms with van der Waals surface area (Å²) in [5.41, 5.74) is 1.74. The summed E-state index contributed by atoms with van der Waals surface area (Å²) in [5.74, 6) is 0.319. The van der Waals surface area contributed by atoms with E-state index in [1.807, 2.05) is 12.3 Å². The number of nitrogens with one attached hydrogen (secondary N) is 1. The summed E-state index contributed by atoms with van der Waals surface area (Å²) in [6, 6.07) is 11.8. The average molecular weight is 481 g/mol. The first-order chi connectivity index (χ1) is 16.5. The molecule has 0 atom stereocenters. The standard InChI is InChI=1S/C25H24N2O6S/c1-16-26-19(15-34-16)13-30-20-7-4-17(5-8-20)24(29)31-14-23(28)27-18-6-9-21-22(12-18)33-25(32-21)10-2-3-11-25/h4-9,12,15H,2-3,10-11,13-14H2,1H3,(H,27,28). The minimum atomic E-state index is -0.592. The summed E-state index contributed by atoms with van der Waals surface area (Å²) in [6.07, 6.45) is 3.87. The first-order valence-electron chi connectivity index (χ1n) is 11.1. The van der Waals surface area contributed by atoms with E-state index in [1.165, 1.54) is 0 Å². The highest BCUT2D eigenvalue weighted by Gasteiger charge is 2.44. The maximum absolute atomic E-state index is 12.3. The van der Waals surface area contributed by atoms with E-state index in [9.17, 15) is 9.59 Å². The lowest BCUT2D eigenvalue weighted by atomic mass is 10.2. The molecule has 1 fully saturated rings. The molecule has 3 aromatic rings. The molecule has 34 heavy (non-hydrogen) atoms. The number of carbonyl (C=O) groups excluding carboxylic acids is 2. The lowest BCUT2D eigenvalue weighted by molar-refractivity contribution is -0.119. The van der Waals surface area contributed by atoms with E-state index >= 15 is 0 Å². The molecule has 1 aromatic heterocycles. The molecule has 1 spiro atoms. The number of esters is 1. The van der Waals surface area contributed by atoms with Gasteiger partial charge in [-0.05, 0) is 56.2 Å². The Kier molecular flexibility index (Phi) is 6.10. The third kappa shape index (κ3) is 4.99. The van der Waals surface area contributed by atoms with Crippen molar-refractivity contribution in [1.82, 2.24) is 4.98 Å². The lowest BCUT2D eigenvalue weighted by Gasteiger charge is -2.21. The quantitative estimate of drug-likeness (QED) is 0.482. The van der Waals surface area contributed by atoms with Crippen LogP contribution in [0.1, 0.15) is 46.7 Å². The highest BCUT2D eigenvalue weighted by Crippen LogP contribution is 2.47. The van der Waals surface area contributed by atoms with Crippen molar-refractivity contribution >= 4 is 28.9 Å². The fourth-order valence-corrected chi connectivity index (χ4v) is 4.62. The van der Waals surface area contributed by atoms with E-state index in [-0.39, 0.29) is 0 Å². The van der Waals surface area contributed by atoms with E-state index in [1.54, 1.807) is 53.8 Å². The third-order valence-corrected chi connectivity index (χ3v) is 6.48. The van der Waals surface area contributed by atoms with Crippen LogP contribution in [-0.4, -0.2) is 29.3 Å². The van der Waals surface area contributed by atoms with Gasteiger partial charge < -0.3 is 24.3 Å². The Morgan fingerprint density at radius 1 is 1.09 bits per heavy atom. The van der Waals surface area contributed by atoms with Crippen LogP contribution in [0.2, 0.25) is 0 Å². The Bertz CT molecular complexity index is 1200. The van der Waals surface area contributed by atoms with E-state index in [2.05, 4.69) is 10.3 Å². The second-order valence-corrected chi connectivity index (χ2v) is 9.34. The van der Waals surface area contributed by atoms with Gasteiger partial charge in [0.15, 0.2) is 18.1 Å². The fraction of sp³-hybridized carbons (Fsp3) is 0.320. The molecule has 0 unspecified atom stereocenters. The van der Waals surface area contributed by atoms with Gasteiger partial charge in [0.1, 0.15) is 12.4 Å². The minimum Gasteiger partial charge on any atom is -0.487 e. The highest BCUT2D eigenvalue weighted by atomic mass is 32.1. The van der Waals surface area contributed by atoms with Crippen molar-refractivity contribution in [3.8, 4) is 17.2 Å². The van der Waals surface area contributed by atoms with Crippen molar-refractivity contribution in [2.24, 2.45) is 0 Å². The molecule has 5 rings (SSSR count). The number of anilines is 1. The normalized spacial score (nSPS) is 15.3. The summed E-state index contributed by atoms with van der Waals surface area (Å²) < 4.78 is 22.8. The molecule has 1 amide bonds. The van der Waals surface area contributed by atoms with Gasteiger partial charge in [0, 0.05) is 30.0 Å². The Morgan fingerprint density at radius 3 is 2.59 bits per heavy atom. The number of fused-ring (bicyclic) bond motifs is 1. The Morgan fingerprint density at radius 2 is 1.85 bits per heavy atom. The minimum absolute atomic E-state index is 0.328. The van der Waals surface area contributed by atoms with Crippen LogP contribution in [0.3, 0.4) is 0 Å². The lowest BCUT2D eigenvalue weighted by Crippen LogP contribution is -2.34. The van der Waals surface area contributed by atoms with Crippen LogP contribution >= 0.6 is 11.3 Å². The summed E-state index contributed by atoms with van der Waals surface area (Å²) in [6.45, 7) is 1.89. The zero-order chi connectivity index (χ0) is 23.5. The first-order valence-corrected chi connectivity index (χ1v) is 12.0. The largest absolute Gasteiger partial charge is 0.487 e. The molecule has 0 bridgehead atoms. The topological polar surface area (TPSA) is 96.0 Å². The molecule has 8 nitrogen and oxygen atoms in total. The van der Waals surface area contributed by atoms with Crippen LogP contribution in [0.25, 0.3) is 0 Å². The first kappa shape index (κ1) is 22.2. The summed E-state index contributed by atoms with van der Waals surface area (Å²) in [5, 5.41) is 5.65. The van der Waals surface area contributed by atoms with Gasteiger partial charge in [-0.1, -0.05) is 0 Å². The van der Waals surface area contributed by atoms with Crippen molar-refractivity contribution in [2.75, 3.05) is 11.9 Å². The second-order valence-electron chi connectivity index (χ2n) is 8.28. The van der Waals surface area contributed by atoms with Crippen molar-refractivity contribution in [3.05, 3.63) is 64.1 Å². The zero-order valence-electron chi connectivity index (χ0n) is 18.7. The van der Waals surface area contributed by atoms with Gasteiger partial charge in [0.25, 0.3) is 11.7 Å². The molecule has 2 heterocycles. The van der Waals surface area contributed by atoms with Crippen molar-refractivity contribution in [1.29, 1.82) is 0 Å². The molecule has 0 radical (unpaired) electrons. The van der Waals surface area contributed by atoms with E-state index in [4.69, 9.17) is 18.9 Å². The van der Waals surface area contributed by atoms with E-state index in [0.29, 0.717) is 35.1 Å². The van der Waals surface area contributed by atoms with Crippen LogP contribution in [0.5, 0.6) is 17.2 Å². The van der Waals surface area contributed by atoms with Gasteiger partial charge in [-0.15, -0.1) is 11.3 Å². The molecular formula is C25H24N2O6S. The second kappa shape index (κ2) is 9.34. The Labute approximate surface area is 200 Å². The number of carbonyl (C=O) groups is 2. The van der Waals surface area contributed by atoms with Gasteiger partial charge in [-0.25, -0.2) is 9.78 Å². The molecule has 1 saturated carbocycles. The summed E-state index contributed by atoms with van der Waals surface area (Å²) in [4.78, 5) is 28.9. The smallest absolute Gasteiger partial charge is 0.338 e. The molecule has 2 aromatic carbocycles. The van der Waals surface area contributed by atoms with Gasteiger partial charge >= 0.3 is 5.97 Å². The maximum Gasteiger partial charge on any atom is 0.338 e. The fourth-order valence-electron chi connectivity index (χ4n) is 4.02. The van der Waals surface area contributed by atoms with Crippen molar-refractivity contribution in [2.45, 2.75) is 45.0 Å². The SMILES string of the molecule is Cc1nc(COc2ccc(C(=O)OCC(=O)Nc3ccc4c(c3)OC3(CCCC3)O4)cc2)cs1. The van der Waals surface area contributed by atoms with Crippen molar-refractivity contribution in [3.63, 3.8) is 0 Å². The average Bonchev–Trinajstić information content (AvgIpc) is 3.56. The molecule has 1 aliphatic carbocycles. The predicted molar refractivity (Wildman–Crippen MR) is 125 cm³/mol. The van der Waals surface area contributed by atoms with Gasteiger partial charge in [0.05, 0.1) is 16.3 Å². The van der Waals surface area contributed by atoms with Crippen molar-refractivity contribution < 1.29 is 28.5 Å². The number of aromatic nitrogens is 1. The number of aryl methyl sites for hydroxylation is 1. The van der Waals surface area contributed by atoms with E-state index < -0.39 is 24.3 Å². The molecule has 2 aliphatic rings. The van der Waals surface area contributed by atoms with Gasteiger partial charge in [-0.2, -0.15) is 0 Å². The monoisotopic (exact) mass is 480 g/mol. The molecule has 9 heteroatoms. The Balaban J connectivity index is 1.09. The Hall–Kier alpha value is -3.59.